The summed E-state index contributed by atoms with van der Waals surface area (Å²) >= 11 is 9.22. The predicted octanol–water partition coefficient (Wildman–Crippen LogP) is 3.77. The van der Waals surface area contributed by atoms with E-state index in [9.17, 15) is 9.90 Å². The number of aromatic hydroxyl groups is 1. The molecule has 0 fully saturated rings. The van der Waals surface area contributed by atoms with Crippen molar-refractivity contribution in [3.63, 3.8) is 0 Å². The molecular weight excluding hydrogens is 410 g/mol. The first-order valence-electron chi connectivity index (χ1n) is 7.32. The van der Waals surface area contributed by atoms with Crippen molar-refractivity contribution >= 4 is 45.3 Å². The molecule has 0 aliphatic carbocycles. The average molecular weight is 427 g/mol. The van der Waals surface area contributed by atoms with Gasteiger partial charge in [0.25, 0.3) is 5.91 Å². The fourth-order valence-electron chi connectivity index (χ4n) is 2.00. The number of nitrogens with one attached hydrogen (secondary N) is 2. The Kier molecular flexibility index (Phi) is 6.66. The number of nitrogens with zero attached hydrogens (tertiary/aromatic N) is 1. The summed E-state index contributed by atoms with van der Waals surface area (Å²) in [6.07, 6.45) is 1.34. The van der Waals surface area contributed by atoms with Crippen LogP contribution in [0, 0.1) is 0 Å². The third-order valence-corrected chi connectivity index (χ3v) is 3.96. The molecule has 0 spiro atoms. The van der Waals surface area contributed by atoms with Crippen molar-refractivity contribution in [1.29, 1.82) is 0 Å². The minimum atomic E-state index is -0.527. The topological polar surface area (TPSA) is 83.0 Å². The van der Waals surface area contributed by atoms with Crippen LogP contribution in [0.3, 0.4) is 0 Å². The van der Waals surface area contributed by atoms with Gasteiger partial charge in [-0.3, -0.25) is 4.79 Å². The summed E-state index contributed by atoms with van der Waals surface area (Å²) in [5, 5.41) is 17.5. The molecule has 0 radical (unpaired) electrons. The Morgan fingerprint density at radius 1 is 1.40 bits per heavy atom. The van der Waals surface area contributed by atoms with E-state index < -0.39 is 6.04 Å². The fraction of sp³-hybridized carbons (Fsp3) is 0.176. The number of anilines is 1. The maximum absolute atomic E-state index is 12.1. The van der Waals surface area contributed by atoms with E-state index in [1.54, 1.807) is 37.3 Å². The highest BCUT2D eigenvalue weighted by Crippen LogP contribution is 2.32. The Morgan fingerprint density at radius 2 is 2.16 bits per heavy atom. The zero-order chi connectivity index (χ0) is 18.4. The third-order valence-electron chi connectivity index (χ3n) is 3.27. The van der Waals surface area contributed by atoms with Crippen LogP contribution in [0.25, 0.3) is 0 Å². The quantitative estimate of drug-likeness (QED) is 0.485. The van der Waals surface area contributed by atoms with Gasteiger partial charge in [0.1, 0.15) is 6.04 Å². The molecule has 0 heterocycles. The van der Waals surface area contributed by atoms with Crippen molar-refractivity contribution in [1.82, 2.24) is 5.43 Å². The van der Waals surface area contributed by atoms with Crippen LogP contribution in [-0.4, -0.2) is 30.4 Å². The Hall–Kier alpha value is -2.25. The lowest BCUT2D eigenvalue weighted by molar-refractivity contribution is -0.121. The number of benzene rings is 2. The van der Waals surface area contributed by atoms with E-state index in [-0.39, 0.29) is 11.7 Å². The molecule has 1 amide bonds. The Balaban J connectivity index is 1.99. The molecule has 2 aromatic carbocycles. The zero-order valence-electron chi connectivity index (χ0n) is 13.6. The van der Waals surface area contributed by atoms with Crippen molar-refractivity contribution in [2.24, 2.45) is 5.10 Å². The summed E-state index contributed by atoms with van der Waals surface area (Å²) in [4.78, 5) is 12.1. The van der Waals surface area contributed by atoms with Crippen LogP contribution in [0.2, 0.25) is 5.02 Å². The summed E-state index contributed by atoms with van der Waals surface area (Å²) in [6.45, 7) is 1.70. The van der Waals surface area contributed by atoms with Crippen LogP contribution < -0.4 is 15.5 Å². The van der Waals surface area contributed by atoms with Gasteiger partial charge >= 0.3 is 0 Å². The van der Waals surface area contributed by atoms with Crippen molar-refractivity contribution in [3.05, 3.63) is 51.5 Å². The van der Waals surface area contributed by atoms with Gasteiger partial charge in [0.15, 0.2) is 11.5 Å². The Labute approximate surface area is 159 Å². The summed E-state index contributed by atoms with van der Waals surface area (Å²) in [5.74, 6) is -0.0929. The Morgan fingerprint density at radius 3 is 2.84 bits per heavy atom. The van der Waals surface area contributed by atoms with Gasteiger partial charge in [-0.25, -0.2) is 5.43 Å². The van der Waals surface area contributed by atoms with E-state index in [0.717, 1.165) is 5.69 Å². The fourth-order valence-corrected chi connectivity index (χ4v) is 2.65. The van der Waals surface area contributed by atoms with Gasteiger partial charge in [0, 0.05) is 20.7 Å². The molecule has 8 heteroatoms. The third kappa shape index (κ3) is 5.37. The molecule has 0 saturated heterocycles. The minimum absolute atomic E-state index is 0.0613. The second-order valence-electron chi connectivity index (χ2n) is 5.16. The lowest BCUT2D eigenvalue weighted by atomic mass is 10.2. The van der Waals surface area contributed by atoms with Gasteiger partial charge in [-0.2, -0.15) is 5.10 Å². The number of carbonyl (C=O) groups excluding carboxylic acids is 1. The van der Waals surface area contributed by atoms with E-state index in [2.05, 4.69) is 31.8 Å². The van der Waals surface area contributed by atoms with Gasteiger partial charge in [0.2, 0.25) is 0 Å². The van der Waals surface area contributed by atoms with Gasteiger partial charge in [-0.1, -0.05) is 33.6 Å². The normalized spacial score (nSPS) is 12.0. The number of phenolic OH excluding ortho intramolecular Hbond substituents is 1. The largest absolute Gasteiger partial charge is 0.504 e. The molecule has 0 aromatic heterocycles. The molecular formula is C17H17BrClN3O3. The SMILES string of the molecule is COc1cc(Br)cc(/C=N\NC(=O)[C@H](C)Nc2cccc(Cl)c2)c1O. The van der Waals surface area contributed by atoms with E-state index in [1.807, 2.05) is 6.07 Å². The summed E-state index contributed by atoms with van der Waals surface area (Å²) in [6, 6.07) is 9.83. The van der Waals surface area contributed by atoms with Crippen LogP contribution in [0.4, 0.5) is 5.69 Å². The number of phenols is 1. The van der Waals surface area contributed by atoms with Crippen LogP contribution in [0.15, 0.2) is 46.0 Å². The number of methoxy groups -OCH3 is 1. The predicted molar refractivity (Wildman–Crippen MR) is 103 cm³/mol. The molecule has 6 nitrogen and oxygen atoms in total. The zero-order valence-corrected chi connectivity index (χ0v) is 15.9. The number of ether oxygens (including phenoxy) is 1. The van der Waals surface area contributed by atoms with Crippen LogP contribution in [0.1, 0.15) is 12.5 Å². The van der Waals surface area contributed by atoms with Gasteiger partial charge in [0.05, 0.1) is 13.3 Å². The minimum Gasteiger partial charge on any atom is -0.504 e. The first-order valence-corrected chi connectivity index (χ1v) is 8.49. The molecule has 2 aromatic rings. The van der Waals surface area contributed by atoms with Crippen LogP contribution >= 0.6 is 27.5 Å². The van der Waals surface area contributed by atoms with Crippen molar-refractivity contribution in [3.8, 4) is 11.5 Å². The average Bonchev–Trinajstić information content (AvgIpc) is 2.57. The molecule has 0 unspecified atom stereocenters. The molecule has 0 aliphatic heterocycles. The lowest BCUT2D eigenvalue weighted by Crippen LogP contribution is -2.34. The monoisotopic (exact) mass is 425 g/mol. The van der Waals surface area contributed by atoms with E-state index in [4.69, 9.17) is 16.3 Å². The number of halogens is 2. The molecule has 2 rings (SSSR count). The summed E-state index contributed by atoms with van der Waals surface area (Å²) in [7, 11) is 1.45. The number of amides is 1. The number of hydrazone groups is 1. The highest BCUT2D eigenvalue weighted by molar-refractivity contribution is 9.10. The van der Waals surface area contributed by atoms with Crippen molar-refractivity contribution in [2.45, 2.75) is 13.0 Å². The molecule has 0 bridgehead atoms. The Bertz CT molecular complexity index is 799. The van der Waals surface area contributed by atoms with E-state index >= 15 is 0 Å². The second-order valence-corrected chi connectivity index (χ2v) is 6.51. The first-order chi connectivity index (χ1) is 11.9. The van der Waals surface area contributed by atoms with Gasteiger partial charge in [-0.05, 0) is 37.3 Å². The first kappa shape index (κ1) is 19.1. The lowest BCUT2D eigenvalue weighted by Gasteiger charge is -2.13. The molecule has 0 saturated carbocycles. The summed E-state index contributed by atoms with van der Waals surface area (Å²) in [5.41, 5.74) is 3.55. The van der Waals surface area contributed by atoms with Crippen LogP contribution in [0.5, 0.6) is 11.5 Å². The molecule has 132 valence electrons. The highest BCUT2D eigenvalue weighted by Gasteiger charge is 2.12. The maximum Gasteiger partial charge on any atom is 0.262 e. The number of hydrogen-bond donors (Lipinski definition) is 3. The number of hydrogen-bond acceptors (Lipinski definition) is 5. The van der Waals surface area contributed by atoms with E-state index in [1.165, 1.54) is 13.3 Å². The van der Waals surface area contributed by atoms with Crippen LogP contribution in [-0.2, 0) is 4.79 Å². The maximum atomic E-state index is 12.1. The summed E-state index contributed by atoms with van der Waals surface area (Å²) < 4.78 is 5.77. The standard InChI is InChI=1S/C17H17BrClN3O3/c1-10(21-14-5-3-4-13(19)8-14)17(24)22-20-9-11-6-12(18)7-15(25-2)16(11)23/h3-10,21,23H,1-2H3,(H,22,24)/b20-9-/t10-/m0/s1. The van der Waals surface area contributed by atoms with Gasteiger partial charge in [-0.15, -0.1) is 0 Å². The highest BCUT2D eigenvalue weighted by atomic mass is 79.9. The van der Waals surface area contributed by atoms with Gasteiger partial charge < -0.3 is 15.2 Å². The number of rotatable bonds is 6. The molecule has 1 atom stereocenters. The smallest absolute Gasteiger partial charge is 0.262 e. The van der Waals surface area contributed by atoms with Crippen molar-refractivity contribution in [2.75, 3.05) is 12.4 Å². The molecule has 25 heavy (non-hydrogen) atoms. The number of carbonyl (C=O) groups is 1. The second kappa shape index (κ2) is 8.73. The molecule has 0 aliphatic rings. The van der Waals surface area contributed by atoms with E-state index in [0.29, 0.717) is 20.8 Å². The molecule has 3 N–H and O–H groups in total. The van der Waals surface area contributed by atoms with Crippen molar-refractivity contribution < 1.29 is 14.6 Å².